The number of rotatable bonds is 3. The number of para-hydroxylation sites is 1. The van der Waals surface area contributed by atoms with Gasteiger partial charge in [0.1, 0.15) is 5.70 Å². The number of hydrogen-bond acceptors (Lipinski definition) is 3. The van der Waals surface area contributed by atoms with Crippen LogP contribution in [-0.2, 0) is 17.5 Å². The average Bonchev–Trinajstić information content (AvgIpc) is 3.16. The highest BCUT2D eigenvalue weighted by Gasteiger charge is 2.34. The number of benzene rings is 3. The molecule has 3 aromatic carbocycles. The first-order chi connectivity index (χ1) is 17.1. The molecule has 2 heterocycles. The van der Waals surface area contributed by atoms with Crippen molar-refractivity contribution in [3.05, 3.63) is 113 Å². The maximum atomic E-state index is 13.7. The summed E-state index contributed by atoms with van der Waals surface area (Å²) < 4.78 is 40.7. The van der Waals surface area contributed by atoms with E-state index in [0.29, 0.717) is 41.0 Å². The van der Waals surface area contributed by atoms with Gasteiger partial charge in [-0.2, -0.15) is 13.2 Å². The molecular weight excluding hydrogens is 469 g/mol. The third-order valence-corrected chi connectivity index (χ3v) is 6.43. The van der Waals surface area contributed by atoms with Crippen molar-refractivity contribution < 1.29 is 27.9 Å². The van der Waals surface area contributed by atoms with Crippen LogP contribution in [0.4, 0.5) is 18.9 Å². The van der Waals surface area contributed by atoms with Gasteiger partial charge in [-0.25, -0.2) is 4.79 Å². The zero-order valence-corrected chi connectivity index (χ0v) is 19.2. The summed E-state index contributed by atoms with van der Waals surface area (Å²) in [5.41, 5.74) is 2.79. The molecule has 0 unspecified atom stereocenters. The smallest absolute Gasteiger partial charge is 0.417 e. The minimum Gasteiger partial charge on any atom is -0.477 e. The fraction of sp³-hybridized carbons (Fsp3) is 0.143. The monoisotopic (exact) mass is 490 g/mol. The highest BCUT2D eigenvalue weighted by molar-refractivity contribution is 6.08. The van der Waals surface area contributed by atoms with Crippen molar-refractivity contribution in [3.8, 4) is 11.1 Å². The number of fused-ring (bicyclic) bond motifs is 2. The first-order valence-electron chi connectivity index (χ1n) is 11.3. The number of carboxylic acids is 1. The Hall–Kier alpha value is -4.33. The van der Waals surface area contributed by atoms with Crippen molar-refractivity contribution in [1.82, 2.24) is 4.90 Å². The molecule has 0 saturated heterocycles. The lowest BCUT2D eigenvalue weighted by molar-refractivity contribution is -0.137. The Bertz CT molecular complexity index is 1460. The molecule has 8 heteroatoms. The summed E-state index contributed by atoms with van der Waals surface area (Å²) in [4.78, 5) is 28.6. The maximum absolute atomic E-state index is 13.7. The number of carbonyl (C=O) groups excluding carboxylic acids is 1. The Balaban J connectivity index is 1.55. The molecule has 2 aliphatic rings. The predicted molar refractivity (Wildman–Crippen MR) is 129 cm³/mol. The Morgan fingerprint density at radius 1 is 0.944 bits per heavy atom. The van der Waals surface area contributed by atoms with Crippen LogP contribution in [0.2, 0.25) is 0 Å². The van der Waals surface area contributed by atoms with Gasteiger partial charge in [-0.15, -0.1) is 0 Å². The molecule has 1 N–H and O–H groups in total. The van der Waals surface area contributed by atoms with Crippen LogP contribution in [0.3, 0.4) is 0 Å². The van der Waals surface area contributed by atoms with Gasteiger partial charge in [0.05, 0.1) is 17.8 Å². The number of carbonyl (C=O) groups is 2. The summed E-state index contributed by atoms with van der Waals surface area (Å²) in [6.07, 6.45) is -0.883. The number of aryl methyl sites for hydroxylation is 1. The minimum atomic E-state index is -4.50. The third-order valence-electron chi connectivity index (χ3n) is 6.43. The van der Waals surface area contributed by atoms with E-state index in [1.165, 1.54) is 29.2 Å². The zero-order chi connectivity index (χ0) is 25.6. The number of allylic oxidation sites excluding steroid dienone is 1. The molecule has 2 aliphatic heterocycles. The number of halogens is 3. The fourth-order valence-corrected chi connectivity index (χ4v) is 4.73. The van der Waals surface area contributed by atoms with Crippen molar-refractivity contribution in [2.45, 2.75) is 26.1 Å². The Labute approximate surface area is 205 Å². The lowest BCUT2D eigenvalue weighted by Gasteiger charge is -2.21. The van der Waals surface area contributed by atoms with E-state index in [2.05, 4.69) is 0 Å². The molecule has 0 aromatic heterocycles. The molecule has 0 bridgehead atoms. The highest BCUT2D eigenvalue weighted by atomic mass is 19.4. The van der Waals surface area contributed by atoms with Crippen molar-refractivity contribution in [2.75, 3.05) is 4.90 Å². The van der Waals surface area contributed by atoms with Gasteiger partial charge in [-0.1, -0.05) is 42.5 Å². The van der Waals surface area contributed by atoms with E-state index in [1.807, 2.05) is 12.1 Å². The van der Waals surface area contributed by atoms with Crippen molar-refractivity contribution in [1.29, 1.82) is 0 Å². The standard InChI is InChI=1S/C28H21F3N2O3/c1-17-14-18(10-12-21(17)22-7-3-4-8-23(22)28(29,30)31)26(34)33-16-20-11-13-25(27(35)36)32(20)15-19-6-2-5-9-24(19)33/h2-10,12-14,16H,11,15H2,1H3,(H,35,36). The maximum Gasteiger partial charge on any atom is 0.417 e. The Kier molecular flexibility index (Phi) is 5.67. The quantitative estimate of drug-likeness (QED) is 0.464. The lowest BCUT2D eigenvalue weighted by Crippen LogP contribution is -2.26. The van der Waals surface area contributed by atoms with E-state index in [4.69, 9.17) is 0 Å². The summed E-state index contributed by atoms with van der Waals surface area (Å²) >= 11 is 0. The van der Waals surface area contributed by atoms with Crippen molar-refractivity contribution in [3.63, 3.8) is 0 Å². The second-order valence-electron chi connectivity index (χ2n) is 8.68. The molecule has 0 fully saturated rings. The van der Waals surface area contributed by atoms with E-state index < -0.39 is 17.7 Å². The van der Waals surface area contributed by atoms with Crippen LogP contribution >= 0.6 is 0 Å². The lowest BCUT2D eigenvalue weighted by atomic mass is 9.94. The molecule has 0 saturated carbocycles. The summed E-state index contributed by atoms with van der Waals surface area (Å²) in [6.45, 7) is 1.98. The number of amides is 1. The van der Waals surface area contributed by atoms with Crippen LogP contribution in [0.5, 0.6) is 0 Å². The fourth-order valence-electron chi connectivity index (χ4n) is 4.73. The van der Waals surface area contributed by atoms with Gasteiger partial charge >= 0.3 is 12.1 Å². The van der Waals surface area contributed by atoms with E-state index in [1.54, 1.807) is 48.4 Å². The zero-order valence-electron chi connectivity index (χ0n) is 19.2. The van der Waals surface area contributed by atoms with Crippen LogP contribution in [0.1, 0.15) is 33.5 Å². The van der Waals surface area contributed by atoms with Crippen LogP contribution in [0, 0.1) is 6.92 Å². The molecule has 0 atom stereocenters. The van der Waals surface area contributed by atoms with Gasteiger partial charge in [0, 0.05) is 23.9 Å². The van der Waals surface area contributed by atoms with Gasteiger partial charge in [-0.05, 0) is 59.5 Å². The van der Waals surface area contributed by atoms with Crippen molar-refractivity contribution in [2.24, 2.45) is 0 Å². The minimum absolute atomic E-state index is 0.0533. The highest BCUT2D eigenvalue weighted by Crippen LogP contribution is 2.39. The van der Waals surface area contributed by atoms with Gasteiger partial charge in [0.15, 0.2) is 0 Å². The molecule has 182 valence electrons. The summed E-state index contributed by atoms with van der Waals surface area (Å²) in [5.74, 6) is -1.40. The summed E-state index contributed by atoms with van der Waals surface area (Å²) in [5, 5.41) is 9.58. The average molecular weight is 490 g/mol. The number of carboxylic acid groups (broad SMARTS) is 1. The Morgan fingerprint density at radius 3 is 2.39 bits per heavy atom. The topological polar surface area (TPSA) is 60.9 Å². The molecule has 1 amide bonds. The van der Waals surface area contributed by atoms with Crippen LogP contribution < -0.4 is 4.90 Å². The molecule has 36 heavy (non-hydrogen) atoms. The normalized spacial score (nSPS) is 15.0. The van der Waals surface area contributed by atoms with E-state index in [-0.39, 0.29) is 17.2 Å². The third kappa shape index (κ3) is 4.04. The van der Waals surface area contributed by atoms with Crippen LogP contribution in [0.25, 0.3) is 11.1 Å². The Morgan fingerprint density at radius 2 is 1.67 bits per heavy atom. The SMILES string of the molecule is Cc1cc(C(=O)N2C=C3CC=C(C(=O)O)N3Cc3ccccc32)ccc1-c1ccccc1C(F)(F)F. The first kappa shape index (κ1) is 23.4. The first-order valence-corrected chi connectivity index (χ1v) is 11.3. The van der Waals surface area contributed by atoms with Crippen LogP contribution in [0.15, 0.2) is 90.4 Å². The number of anilines is 1. The molecule has 0 radical (unpaired) electrons. The molecule has 5 rings (SSSR count). The number of aliphatic carboxylic acids is 1. The molecule has 0 spiro atoms. The van der Waals surface area contributed by atoms with E-state index in [9.17, 15) is 27.9 Å². The van der Waals surface area contributed by atoms with Crippen molar-refractivity contribution >= 4 is 17.6 Å². The second-order valence-corrected chi connectivity index (χ2v) is 8.68. The van der Waals surface area contributed by atoms with E-state index in [0.717, 1.165) is 11.6 Å². The molecule has 5 nitrogen and oxygen atoms in total. The summed E-state index contributed by atoms with van der Waals surface area (Å²) in [7, 11) is 0. The number of hydrogen-bond donors (Lipinski definition) is 1. The van der Waals surface area contributed by atoms with Crippen LogP contribution in [-0.4, -0.2) is 21.9 Å². The van der Waals surface area contributed by atoms with Gasteiger partial charge in [0.25, 0.3) is 5.91 Å². The largest absolute Gasteiger partial charge is 0.477 e. The van der Waals surface area contributed by atoms with Gasteiger partial charge in [-0.3, -0.25) is 9.69 Å². The molecule has 0 aliphatic carbocycles. The second kappa shape index (κ2) is 8.71. The summed E-state index contributed by atoms with van der Waals surface area (Å²) in [6, 6.07) is 17.3. The molecular formula is C28H21F3N2O3. The number of alkyl halides is 3. The van der Waals surface area contributed by atoms with Gasteiger partial charge < -0.3 is 10.0 Å². The predicted octanol–water partition coefficient (Wildman–Crippen LogP) is 6.36. The van der Waals surface area contributed by atoms with Gasteiger partial charge in [0.2, 0.25) is 0 Å². The van der Waals surface area contributed by atoms with E-state index >= 15 is 0 Å². The number of nitrogens with zero attached hydrogens (tertiary/aromatic N) is 2. The molecule has 3 aromatic rings.